The molecule has 5 nitrogen and oxygen atoms in total. The molecule has 0 amide bonds. The summed E-state index contributed by atoms with van der Waals surface area (Å²) in [6.45, 7) is 2.78. The van der Waals surface area contributed by atoms with E-state index in [1.54, 1.807) is 11.3 Å². The number of thiophene rings is 1. The van der Waals surface area contributed by atoms with Crippen LogP contribution in [-0.2, 0) is 12.8 Å². The predicted octanol–water partition coefficient (Wildman–Crippen LogP) is 2.66. The molecule has 0 aliphatic carbocycles. The summed E-state index contributed by atoms with van der Waals surface area (Å²) in [4.78, 5) is 23.9. The second-order valence-corrected chi connectivity index (χ2v) is 6.07. The molecule has 20 heavy (non-hydrogen) atoms. The average Bonchev–Trinajstić information content (AvgIpc) is 3.07. The lowest BCUT2D eigenvalue weighted by Gasteiger charge is -2.07. The van der Waals surface area contributed by atoms with E-state index in [-0.39, 0.29) is 4.87 Å². The summed E-state index contributed by atoms with van der Waals surface area (Å²) in [6.07, 6.45) is 1.59. The number of thiazole rings is 1. The van der Waals surface area contributed by atoms with E-state index in [0.717, 1.165) is 46.9 Å². The zero-order valence-corrected chi connectivity index (χ0v) is 12.6. The highest BCUT2D eigenvalue weighted by Gasteiger charge is 2.07. The second-order valence-electron chi connectivity index (χ2n) is 4.33. The van der Waals surface area contributed by atoms with Gasteiger partial charge in [0.2, 0.25) is 0 Å². The minimum absolute atomic E-state index is 0.00414. The molecule has 0 aromatic carbocycles. The van der Waals surface area contributed by atoms with Crippen LogP contribution in [0.5, 0.6) is 0 Å². The van der Waals surface area contributed by atoms with Crippen LogP contribution in [0.4, 0.5) is 5.82 Å². The highest BCUT2D eigenvalue weighted by Crippen LogP contribution is 2.25. The van der Waals surface area contributed by atoms with Crippen LogP contribution in [0, 0.1) is 0 Å². The Morgan fingerprint density at radius 2 is 2.25 bits per heavy atom. The minimum Gasteiger partial charge on any atom is -0.369 e. The van der Waals surface area contributed by atoms with Crippen molar-refractivity contribution in [3.8, 4) is 0 Å². The van der Waals surface area contributed by atoms with E-state index >= 15 is 0 Å². The summed E-state index contributed by atoms with van der Waals surface area (Å²) in [6, 6.07) is 2.04. The van der Waals surface area contributed by atoms with Gasteiger partial charge in [0, 0.05) is 30.5 Å². The Kier molecular flexibility index (Phi) is 3.79. The molecule has 0 saturated carbocycles. The Balaban J connectivity index is 1.76. The molecule has 2 N–H and O–H groups in total. The average molecular weight is 306 g/mol. The van der Waals surface area contributed by atoms with Crippen LogP contribution in [0.15, 0.2) is 21.6 Å². The van der Waals surface area contributed by atoms with Crippen molar-refractivity contribution in [2.24, 2.45) is 0 Å². The zero-order chi connectivity index (χ0) is 13.9. The zero-order valence-electron chi connectivity index (χ0n) is 11.0. The Hall–Kier alpha value is -1.73. The predicted molar refractivity (Wildman–Crippen MR) is 83.9 cm³/mol. The van der Waals surface area contributed by atoms with Gasteiger partial charge < -0.3 is 10.3 Å². The molecule has 3 aromatic heterocycles. The van der Waals surface area contributed by atoms with E-state index in [4.69, 9.17) is 0 Å². The SMILES string of the molecule is CCc1nc(NCCc2csc(=O)[nH]2)c2ccsc2n1. The van der Waals surface area contributed by atoms with Crippen LogP contribution in [0.1, 0.15) is 18.4 Å². The van der Waals surface area contributed by atoms with Crippen molar-refractivity contribution in [1.82, 2.24) is 15.0 Å². The molecule has 3 aromatic rings. The molecule has 0 aliphatic heterocycles. The number of nitrogens with zero attached hydrogens (tertiary/aromatic N) is 2. The fraction of sp³-hybridized carbons (Fsp3) is 0.308. The van der Waals surface area contributed by atoms with Crippen molar-refractivity contribution < 1.29 is 0 Å². The molecule has 3 heterocycles. The Morgan fingerprint density at radius 1 is 1.35 bits per heavy atom. The molecule has 3 rings (SSSR count). The van der Waals surface area contributed by atoms with E-state index in [9.17, 15) is 4.79 Å². The fourth-order valence-corrected chi connectivity index (χ4v) is 3.34. The van der Waals surface area contributed by atoms with Crippen LogP contribution in [0.25, 0.3) is 10.2 Å². The molecule has 0 fully saturated rings. The maximum absolute atomic E-state index is 11.1. The molecule has 0 radical (unpaired) electrons. The van der Waals surface area contributed by atoms with Crippen LogP contribution < -0.4 is 10.2 Å². The summed E-state index contributed by atoms with van der Waals surface area (Å²) in [5.74, 6) is 1.73. The van der Waals surface area contributed by atoms with Crippen LogP contribution in [0.3, 0.4) is 0 Å². The lowest BCUT2D eigenvalue weighted by molar-refractivity contribution is 0.934. The molecule has 0 atom stereocenters. The molecule has 0 bridgehead atoms. The van der Waals surface area contributed by atoms with Gasteiger partial charge in [-0.25, -0.2) is 9.97 Å². The molecular weight excluding hydrogens is 292 g/mol. The molecule has 0 saturated heterocycles. The van der Waals surface area contributed by atoms with Gasteiger partial charge in [0.15, 0.2) is 0 Å². The van der Waals surface area contributed by atoms with Gasteiger partial charge in [-0.3, -0.25) is 4.79 Å². The summed E-state index contributed by atoms with van der Waals surface area (Å²) in [5, 5.41) is 8.30. The van der Waals surface area contributed by atoms with Crippen molar-refractivity contribution in [3.63, 3.8) is 0 Å². The normalized spacial score (nSPS) is 11.1. The van der Waals surface area contributed by atoms with E-state index in [1.165, 1.54) is 11.3 Å². The number of rotatable bonds is 5. The van der Waals surface area contributed by atoms with Gasteiger partial charge in [0.05, 0.1) is 5.39 Å². The van der Waals surface area contributed by atoms with E-state index in [0.29, 0.717) is 0 Å². The summed E-state index contributed by atoms with van der Waals surface area (Å²) < 4.78 is 0. The standard InChI is InChI=1S/C13H14N4OS2/c1-2-10-16-11(9-4-6-19-12(9)17-10)14-5-3-8-7-20-13(18)15-8/h4,6-7H,2-3,5H2,1H3,(H,15,18)(H,14,16,17). The van der Waals surface area contributed by atoms with Gasteiger partial charge in [0.1, 0.15) is 16.5 Å². The van der Waals surface area contributed by atoms with Gasteiger partial charge in [-0.15, -0.1) is 11.3 Å². The van der Waals surface area contributed by atoms with Gasteiger partial charge >= 0.3 is 4.87 Å². The minimum atomic E-state index is -0.00414. The Bertz CT molecular complexity index is 774. The first-order valence-electron chi connectivity index (χ1n) is 6.41. The summed E-state index contributed by atoms with van der Waals surface area (Å²) in [5.41, 5.74) is 0.957. The first-order chi connectivity index (χ1) is 9.76. The van der Waals surface area contributed by atoms with Crippen molar-refractivity contribution in [1.29, 1.82) is 0 Å². The number of fused-ring (bicyclic) bond motifs is 1. The number of hydrogen-bond acceptors (Lipinski definition) is 6. The maximum atomic E-state index is 11.1. The third kappa shape index (κ3) is 2.73. The number of hydrogen-bond donors (Lipinski definition) is 2. The van der Waals surface area contributed by atoms with Crippen molar-refractivity contribution in [2.75, 3.05) is 11.9 Å². The Morgan fingerprint density at radius 3 is 3.00 bits per heavy atom. The first kappa shape index (κ1) is 13.3. The highest BCUT2D eigenvalue weighted by atomic mass is 32.1. The third-order valence-electron chi connectivity index (χ3n) is 2.95. The van der Waals surface area contributed by atoms with Crippen LogP contribution in [0.2, 0.25) is 0 Å². The summed E-state index contributed by atoms with van der Waals surface area (Å²) >= 11 is 2.83. The maximum Gasteiger partial charge on any atom is 0.304 e. The lowest BCUT2D eigenvalue weighted by atomic mass is 10.3. The Labute approximate surface area is 123 Å². The number of aryl methyl sites for hydroxylation is 1. The largest absolute Gasteiger partial charge is 0.369 e. The molecule has 7 heteroatoms. The van der Waals surface area contributed by atoms with Gasteiger partial charge in [0.25, 0.3) is 0 Å². The molecule has 0 aliphatic rings. The van der Waals surface area contributed by atoms with Gasteiger partial charge in [-0.1, -0.05) is 18.3 Å². The fourth-order valence-electron chi connectivity index (χ4n) is 1.94. The van der Waals surface area contributed by atoms with Crippen LogP contribution >= 0.6 is 22.7 Å². The summed E-state index contributed by atoms with van der Waals surface area (Å²) in [7, 11) is 0. The lowest BCUT2D eigenvalue weighted by Crippen LogP contribution is -2.09. The van der Waals surface area contributed by atoms with Crippen molar-refractivity contribution in [3.05, 3.63) is 38.0 Å². The first-order valence-corrected chi connectivity index (χ1v) is 8.17. The topological polar surface area (TPSA) is 70.7 Å². The van der Waals surface area contributed by atoms with Crippen molar-refractivity contribution in [2.45, 2.75) is 19.8 Å². The van der Waals surface area contributed by atoms with Gasteiger partial charge in [-0.05, 0) is 11.4 Å². The molecule has 104 valence electrons. The number of anilines is 1. The monoisotopic (exact) mass is 306 g/mol. The quantitative estimate of drug-likeness (QED) is 0.760. The number of nitrogens with one attached hydrogen (secondary N) is 2. The molecule has 0 spiro atoms. The number of aromatic nitrogens is 3. The second kappa shape index (κ2) is 5.72. The third-order valence-corrected chi connectivity index (χ3v) is 4.47. The van der Waals surface area contributed by atoms with Crippen molar-refractivity contribution >= 4 is 38.7 Å². The van der Waals surface area contributed by atoms with Gasteiger partial charge in [-0.2, -0.15) is 0 Å². The smallest absolute Gasteiger partial charge is 0.304 e. The van der Waals surface area contributed by atoms with E-state index in [2.05, 4.69) is 27.2 Å². The number of aromatic amines is 1. The highest BCUT2D eigenvalue weighted by molar-refractivity contribution is 7.16. The van der Waals surface area contributed by atoms with Crippen LogP contribution in [-0.4, -0.2) is 21.5 Å². The van der Waals surface area contributed by atoms with E-state index < -0.39 is 0 Å². The molecule has 0 unspecified atom stereocenters. The molecular formula is C13H14N4OS2. The van der Waals surface area contributed by atoms with E-state index in [1.807, 2.05) is 16.8 Å². The number of H-pyrrole nitrogens is 1.